The van der Waals surface area contributed by atoms with Gasteiger partial charge in [-0.3, -0.25) is 0 Å². The minimum atomic E-state index is 0.720. The van der Waals surface area contributed by atoms with Gasteiger partial charge in [0.05, 0.1) is 0 Å². The number of rotatable bonds is 3. The summed E-state index contributed by atoms with van der Waals surface area (Å²) in [5, 5.41) is 3.28. The Morgan fingerprint density at radius 1 is 1.35 bits per heavy atom. The van der Waals surface area contributed by atoms with Crippen LogP contribution in [0.1, 0.15) is 26.1 Å². The van der Waals surface area contributed by atoms with Gasteiger partial charge in [-0.05, 0) is 49.6 Å². The second-order valence-electron chi connectivity index (χ2n) is 4.48. The SMILES string of the molecule is C=C(C)c1ncccn1.C=C/C(=C\C)C1=CCNCC1. The van der Waals surface area contributed by atoms with Crippen LogP contribution in [0.4, 0.5) is 0 Å². The topological polar surface area (TPSA) is 37.8 Å². The van der Waals surface area contributed by atoms with E-state index in [1.54, 1.807) is 18.5 Å². The lowest BCUT2D eigenvalue weighted by Crippen LogP contribution is -2.20. The van der Waals surface area contributed by atoms with Crippen molar-refractivity contribution in [2.75, 3.05) is 13.1 Å². The highest BCUT2D eigenvalue weighted by Gasteiger charge is 2.03. The molecule has 106 valence electrons. The van der Waals surface area contributed by atoms with Crippen molar-refractivity contribution in [1.29, 1.82) is 0 Å². The summed E-state index contributed by atoms with van der Waals surface area (Å²) in [5.74, 6) is 0.720. The van der Waals surface area contributed by atoms with E-state index in [0.717, 1.165) is 30.9 Å². The van der Waals surface area contributed by atoms with E-state index >= 15 is 0 Å². The van der Waals surface area contributed by atoms with Crippen LogP contribution in [0.25, 0.3) is 5.57 Å². The van der Waals surface area contributed by atoms with Gasteiger partial charge >= 0.3 is 0 Å². The lowest BCUT2D eigenvalue weighted by atomic mass is 10.0. The smallest absolute Gasteiger partial charge is 0.154 e. The molecule has 0 amide bonds. The van der Waals surface area contributed by atoms with Gasteiger partial charge in [-0.1, -0.05) is 31.4 Å². The van der Waals surface area contributed by atoms with E-state index in [1.807, 2.05) is 13.0 Å². The van der Waals surface area contributed by atoms with Gasteiger partial charge in [0, 0.05) is 18.9 Å². The van der Waals surface area contributed by atoms with Gasteiger partial charge in [0.2, 0.25) is 0 Å². The molecule has 20 heavy (non-hydrogen) atoms. The summed E-state index contributed by atoms with van der Waals surface area (Å²) in [6.45, 7) is 13.5. The Bertz CT molecular complexity index is 498. The van der Waals surface area contributed by atoms with Gasteiger partial charge in [0.15, 0.2) is 5.82 Å². The summed E-state index contributed by atoms with van der Waals surface area (Å²) < 4.78 is 0. The summed E-state index contributed by atoms with van der Waals surface area (Å²) in [4.78, 5) is 7.94. The van der Waals surface area contributed by atoms with Crippen LogP contribution in [0.5, 0.6) is 0 Å². The molecular formula is C17H23N3. The molecule has 1 aliphatic heterocycles. The number of aromatic nitrogens is 2. The molecule has 2 rings (SSSR count). The van der Waals surface area contributed by atoms with Crippen molar-refractivity contribution >= 4 is 5.57 Å². The van der Waals surface area contributed by atoms with Crippen molar-refractivity contribution in [1.82, 2.24) is 15.3 Å². The zero-order valence-electron chi connectivity index (χ0n) is 12.4. The van der Waals surface area contributed by atoms with Gasteiger partial charge in [-0.2, -0.15) is 0 Å². The zero-order chi connectivity index (χ0) is 14.8. The van der Waals surface area contributed by atoms with Crippen LogP contribution in [0.15, 0.2) is 61.0 Å². The predicted molar refractivity (Wildman–Crippen MR) is 86.3 cm³/mol. The molecule has 1 aliphatic rings. The number of nitrogens with zero attached hydrogens (tertiary/aromatic N) is 2. The monoisotopic (exact) mass is 269 g/mol. The third kappa shape index (κ3) is 5.33. The minimum Gasteiger partial charge on any atom is -0.313 e. The van der Waals surface area contributed by atoms with E-state index in [9.17, 15) is 0 Å². The number of hydrogen-bond donors (Lipinski definition) is 1. The van der Waals surface area contributed by atoms with Crippen LogP contribution in [0.2, 0.25) is 0 Å². The fourth-order valence-corrected chi connectivity index (χ4v) is 1.84. The minimum absolute atomic E-state index is 0.720. The van der Waals surface area contributed by atoms with Crippen molar-refractivity contribution in [3.05, 3.63) is 66.8 Å². The average molecular weight is 269 g/mol. The van der Waals surface area contributed by atoms with Crippen LogP contribution in [0.3, 0.4) is 0 Å². The van der Waals surface area contributed by atoms with Crippen molar-refractivity contribution in [3.63, 3.8) is 0 Å². The lowest BCUT2D eigenvalue weighted by molar-refractivity contribution is 0.709. The molecule has 0 bridgehead atoms. The standard InChI is InChI=1S/C10H15N.C7H8N2/c1-3-9(4-2)10-5-7-11-8-6-10;1-6(2)7-8-4-3-5-9-7/h3-5,11H,1,6-8H2,2H3;3-5H,1H2,2H3/b9-4+;. The summed E-state index contributed by atoms with van der Waals surface area (Å²) in [5.41, 5.74) is 3.61. The Kier molecular flexibility index (Phi) is 7.22. The summed E-state index contributed by atoms with van der Waals surface area (Å²) in [6, 6.07) is 1.78. The van der Waals surface area contributed by atoms with Gasteiger partial charge in [-0.25, -0.2) is 9.97 Å². The summed E-state index contributed by atoms with van der Waals surface area (Å²) in [6.07, 6.45) is 10.8. The Morgan fingerprint density at radius 2 is 2.05 bits per heavy atom. The zero-order valence-corrected chi connectivity index (χ0v) is 12.4. The molecule has 1 aromatic heterocycles. The van der Waals surface area contributed by atoms with Crippen LogP contribution in [-0.4, -0.2) is 23.1 Å². The predicted octanol–water partition coefficient (Wildman–Crippen LogP) is 3.55. The maximum atomic E-state index is 3.97. The third-order valence-corrected chi connectivity index (χ3v) is 2.91. The van der Waals surface area contributed by atoms with Crippen molar-refractivity contribution in [2.45, 2.75) is 20.3 Å². The molecule has 1 N–H and O–H groups in total. The van der Waals surface area contributed by atoms with E-state index in [4.69, 9.17) is 0 Å². The van der Waals surface area contributed by atoms with Crippen LogP contribution in [0, 0.1) is 0 Å². The van der Waals surface area contributed by atoms with E-state index in [2.05, 4.69) is 47.5 Å². The number of nitrogens with one attached hydrogen (secondary N) is 1. The molecule has 0 radical (unpaired) electrons. The van der Waals surface area contributed by atoms with Gasteiger partial charge < -0.3 is 5.32 Å². The molecule has 0 aromatic carbocycles. The highest BCUT2D eigenvalue weighted by Crippen LogP contribution is 2.15. The van der Waals surface area contributed by atoms with Crippen LogP contribution < -0.4 is 5.32 Å². The largest absolute Gasteiger partial charge is 0.313 e. The Morgan fingerprint density at radius 3 is 2.45 bits per heavy atom. The first-order valence-corrected chi connectivity index (χ1v) is 6.80. The van der Waals surface area contributed by atoms with Gasteiger partial charge in [-0.15, -0.1) is 0 Å². The molecule has 1 aromatic rings. The molecule has 0 atom stereocenters. The first-order valence-electron chi connectivity index (χ1n) is 6.80. The van der Waals surface area contributed by atoms with Crippen LogP contribution >= 0.6 is 0 Å². The Balaban J connectivity index is 0.000000204. The average Bonchev–Trinajstić information content (AvgIpc) is 2.51. The lowest BCUT2D eigenvalue weighted by Gasteiger charge is -2.14. The second kappa shape index (κ2) is 8.99. The fourth-order valence-electron chi connectivity index (χ4n) is 1.84. The third-order valence-electron chi connectivity index (χ3n) is 2.91. The molecular weight excluding hydrogens is 246 g/mol. The second-order valence-corrected chi connectivity index (χ2v) is 4.48. The molecule has 0 spiro atoms. The van der Waals surface area contributed by atoms with Crippen molar-refractivity contribution < 1.29 is 0 Å². The Labute approximate surface area is 121 Å². The van der Waals surface area contributed by atoms with Crippen LogP contribution in [-0.2, 0) is 0 Å². The quantitative estimate of drug-likeness (QED) is 0.853. The van der Waals surface area contributed by atoms with E-state index in [0.29, 0.717) is 0 Å². The summed E-state index contributed by atoms with van der Waals surface area (Å²) >= 11 is 0. The maximum Gasteiger partial charge on any atom is 0.154 e. The normalized spacial score (nSPS) is 14.7. The van der Waals surface area contributed by atoms with Crippen molar-refractivity contribution in [2.24, 2.45) is 0 Å². The maximum absolute atomic E-state index is 3.97. The fraction of sp³-hybridized carbons (Fsp3) is 0.294. The van der Waals surface area contributed by atoms with Crippen molar-refractivity contribution in [3.8, 4) is 0 Å². The molecule has 0 fully saturated rings. The summed E-state index contributed by atoms with van der Waals surface area (Å²) in [7, 11) is 0. The Hall–Kier alpha value is -2.00. The molecule has 0 saturated heterocycles. The molecule has 3 heteroatoms. The van der Waals surface area contributed by atoms with E-state index in [-0.39, 0.29) is 0 Å². The molecule has 0 unspecified atom stereocenters. The highest BCUT2D eigenvalue weighted by atomic mass is 14.9. The molecule has 0 aliphatic carbocycles. The first kappa shape index (κ1) is 16.1. The first-order chi connectivity index (χ1) is 9.69. The van der Waals surface area contributed by atoms with Gasteiger partial charge in [0.25, 0.3) is 0 Å². The van der Waals surface area contributed by atoms with E-state index in [1.165, 1.54) is 11.1 Å². The highest BCUT2D eigenvalue weighted by molar-refractivity contribution is 5.53. The molecule has 2 heterocycles. The molecule has 0 saturated carbocycles. The number of hydrogen-bond acceptors (Lipinski definition) is 3. The molecule has 3 nitrogen and oxygen atoms in total. The van der Waals surface area contributed by atoms with E-state index < -0.39 is 0 Å². The number of allylic oxidation sites excluding steroid dienone is 4. The van der Waals surface area contributed by atoms with Gasteiger partial charge in [0.1, 0.15) is 0 Å².